The molecule has 0 aliphatic heterocycles. The van der Waals surface area contributed by atoms with Crippen molar-refractivity contribution in [3.63, 3.8) is 0 Å². The van der Waals surface area contributed by atoms with E-state index < -0.39 is 0 Å². The number of benzene rings is 7. The molecule has 3 heteroatoms. The maximum absolute atomic E-state index is 5.04. The lowest BCUT2D eigenvalue weighted by Gasteiger charge is -2.23. The largest absolute Gasteiger partial charge is 0.208 e. The Labute approximate surface area is 274 Å². The second-order valence-corrected chi connectivity index (χ2v) is 12.9. The van der Waals surface area contributed by atoms with E-state index in [1.54, 1.807) is 0 Å². The lowest BCUT2D eigenvalue weighted by molar-refractivity contribution is 0.661. The molecule has 7 aromatic carbocycles. The van der Waals surface area contributed by atoms with E-state index in [0.717, 1.165) is 22.1 Å². The third-order valence-electron chi connectivity index (χ3n) is 9.70. The molecule has 0 radical (unpaired) electrons. The summed E-state index contributed by atoms with van der Waals surface area (Å²) in [6, 6.07) is 53.7. The van der Waals surface area contributed by atoms with Crippen LogP contribution in [-0.2, 0) is 5.41 Å². The van der Waals surface area contributed by atoms with E-state index in [1.807, 2.05) is 30.3 Å². The zero-order valence-electron chi connectivity index (χ0n) is 26.3. The molecule has 47 heavy (non-hydrogen) atoms. The highest BCUT2D eigenvalue weighted by atomic mass is 15.0. The molecule has 1 aliphatic carbocycles. The molecule has 0 amide bonds. The van der Waals surface area contributed by atoms with E-state index >= 15 is 0 Å². The fraction of sp³-hybridized carbons (Fsp3) is 0.0682. The zero-order valence-corrected chi connectivity index (χ0v) is 26.3. The van der Waals surface area contributed by atoms with Crippen LogP contribution < -0.4 is 0 Å². The number of hydrogen-bond acceptors (Lipinski definition) is 3. The molecule has 8 aromatic rings. The van der Waals surface area contributed by atoms with Gasteiger partial charge in [-0.1, -0.05) is 153 Å². The fourth-order valence-corrected chi connectivity index (χ4v) is 7.28. The maximum Gasteiger partial charge on any atom is 0.164 e. The highest BCUT2D eigenvalue weighted by Crippen LogP contribution is 2.54. The summed E-state index contributed by atoms with van der Waals surface area (Å²) < 4.78 is 0. The first-order valence-corrected chi connectivity index (χ1v) is 16.1. The zero-order chi connectivity index (χ0) is 31.5. The number of nitrogens with zero attached hydrogens (tertiary/aromatic N) is 3. The van der Waals surface area contributed by atoms with E-state index in [2.05, 4.69) is 135 Å². The van der Waals surface area contributed by atoms with Crippen LogP contribution in [0, 0.1) is 0 Å². The molecule has 1 aliphatic rings. The van der Waals surface area contributed by atoms with Gasteiger partial charge in [0, 0.05) is 22.1 Å². The van der Waals surface area contributed by atoms with Gasteiger partial charge in [-0.2, -0.15) is 0 Å². The summed E-state index contributed by atoms with van der Waals surface area (Å²) >= 11 is 0. The Morgan fingerprint density at radius 2 is 0.936 bits per heavy atom. The summed E-state index contributed by atoms with van der Waals surface area (Å²) in [4.78, 5) is 15.0. The van der Waals surface area contributed by atoms with Crippen LogP contribution in [0.3, 0.4) is 0 Å². The SMILES string of the molecule is CC1(C)c2ccccc2-c2c1cc1ccccc1c2-c1ccc(-c2nc(-c3ccccc3)nc(-c3ccc4ccccc4c3)n2)cc1. The first-order valence-electron chi connectivity index (χ1n) is 16.1. The van der Waals surface area contributed by atoms with Crippen LogP contribution >= 0.6 is 0 Å². The van der Waals surface area contributed by atoms with E-state index in [-0.39, 0.29) is 5.41 Å². The normalized spacial score (nSPS) is 13.1. The summed E-state index contributed by atoms with van der Waals surface area (Å²) in [5.74, 6) is 1.98. The second-order valence-electron chi connectivity index (χ2n) is 12.9. The van der Waals surface area contributed by atoms with Crippen molar-refractivity contribution in [2.75, 3.05) is 0 Å². The van der Waals surface area contributed by atoms with Crippen molar-refractivity contribution < 1.29 is 0 Å². The third-order valence-corrected chi connectivity index (χ3v) is 9.70. The molecule has 1 aromatic heterocycles. The molecule has 0 bridgehead atoms. The van der Waals surface area contributed by atoms with E-state index in [9.17, 15) is 0 Å². The molecule has 0 N–H and O–H groups in total. The van der Waals surface area contributed by atoms with Gasteiger partial charge in [0.05, 0.1) is 0 Å². The van der Waals surface area contributed by atoms with E-state index in [1.165, 1.54) is 49.5 Å². The molecular formula is C44H31N3. The summed E-state index contributed by atoms with van der Waals surface area (Å²) in [7, 11) is 0. The summed E-state index contributed by atoms with van der Waals surface area (Å²) in [5, 5.41) is 4.87. The summed E-state index contributed by atoms with van der Waals surface area (Å²) in [6.45, 7) is 4.69. The number of aromatic nitrogens is 3. The van der Waals surface area contributed by atoms with Crippen LogP contribution in [0.15, 0.2) is 152 Å². The van der Waals surface area contributed by atoms with Crippen LogP contribution in [0.5, 0.6) is 0 Å². The van der Waals surface area contributed by atoms with Gasteiger partial charge in [-0.15, -0.1) is 0 Å². The van der Waals surface area contributed by atoms with Gasteiger partial charge in [0.2, 0.25) is 0 Å². The predicted molar refractivity (Wildman–Crippen MR) is 194 cm³/mol. The molecule has 0 saturated carbocycles. The molecule has 222 valence electrons. The minimum absolute atomic E-state index is 0.0808. The van der Waals surface area contributed by atoms with Crippen LogP contribution in [-0.4, -0.2) is 15.0 Å². The number of hydrogen-bond donors (Lipinski definition) is 0. The molecule has 0 unspecified atom stereocenters. The molecule has 0 fully saturated rings. The van der Waals surface area contributed by atoms with Crippen molar-refractivity contribution in [2.24, 2.45) is 0 Å². The van der Waals surface area contributed by atoms with Gasteiger partial charge >= 0.3 is 0 Å². The molecule has 9 rings (SSSR count). The van der Waals surface area contributed by atoms with Crippen molar-refractivity contribution in [1.82, 2.24) is 15.0 Å². The molecule has 3 nitrogen and oxygen atoms in total. The standard InChI is InChI=1S/C44H31N3/c1-44(2)37-19-11-10-18-36(37)40-38(44)27-33-16-8-9-17-35(33)39(40)29-21-23-31(24-22-29)42-45-41(30-13-4-3-5-14-30)46-43(47-42)34-25-20-28-12-6-7-15-32(28)26-34/h3-27H,1-2H3. The van der Waals surface area contributed by atoms with Gasteiger partial charge < -0.3 is 0 Å². The Morgan fingerprint density at radius 3 is 1.70 bits per heavy atom. The average molecular weight is 602 g/mol. The van der Waals surface area contributed by atoms with Crippen molar-refractivity contribution in [1.29, 1.82) is 0 Å². The lowest BCUT2D eigenvalue weighted by Crippen LogP contribution is -2.14. The predicted octanol–water partition coefficient (Wildman–Crippen LogP) is 11.2. The van der Waals surface area contributed by atoms with Gasteiger partial charge in [-0.3, -0.25) is 0 Å². The smallest absolute Gasteiger partial charge is 0.164 e. The van der Waals surface area contributed by atoms with Gasteiger partial charge in [0.25, 0.3) is 0 Å². The quantitative estimate of drug-likeness (QED) is 0.201. The first-order chi connectivity index (χ1) is 23.0. The fourth-order valence-electron chi connectivity index (χ4n) is 7.28. The number of rotatable bonds is 4. The van der Waals surface area contributed by atoms with E-state index in [0.29, 0.717) is 17.5 Å². The van der Waals surface area contributed by atoms with Crippen molar-refractivity contribution >= 4 is 21.5 Å². The Hall–Kier alpha value is -5.93. The van der Waals surface area contributed by atoms with Gasteiger partial charge in [-0.25, -0.2) is 15.0 Å². The second kappa shape index (κ2) is 10.6. The minimum Gasteiger partial charge on any atom is -0.208 e. The highest BCUT2D eigenvalue weighted by molar-refractivity contribution is 6.08. The van der Waals surface area contributed by atoms with Crippen LogP contribution in [0.4, 0.5) is 0 Å². The number of fused-ring (bicyclic) bond motifs is 5. The molecular weight excluding hydrogens is 571 g/mol. The lowest BCUT2D eigenvalue weighted by atomic mass is 9.80. The Kier molecular flexibility index (Phi) is 6.16. The third kappa shape index (κ3) is 4.46. The topological polar surface area (TPSA) is 38.7 Å². The van der Waals surface area contributed by atoms with Gasteiger partial charge in [-0.05, 0) is 67.1 Å². The Morgan fingerprint density at radius 1 is 0.383 bits per heavy atom. The van der Waals surface area contributed by atoms with E-state index in [4.69, 9.17) is 15.0 Å². The highest BCUT2D eigenvalue weighted by Gasteiger charge is 2.37. The van der Waals surface area contributed by atoms with Gasteiger partial charge in [0.1, 0.15) is 0 Å². The first kappa shape index (κ1) is 27.4. The van der Waals surface area contributed by atoms with Crippen LogP contribution in [0.2, 0.25) is 0 Å². The molecule has 0 saturated heterocycles. The van der Waals surface area contributed by atoms with Crippen LogP contribution in [0.1, 0.15) is 25.0 Å². The van der Waals surface area contributed by atoms with Crippen molar-refractivity contribution in [2.45, 2.75) is 19.3 Å². The Balaban J connectivity index is 1.21. The monoisotopic (exact) mass is 601 g/mol. The molecule has 0 spiro atoms. The van der Waals surface area contributed by atoms with Crippen molar-refractivity contribution in [3.8, 4) is 56.4 Å². The summed E-state index contributed by atoms with van der Waals surface area (Å²) in [5.41, 5.74) is 10.7. The average Bonchev–Trinajstić information content (AvgIpc) is 3.36. The van der Waals surface area contributed by atoms with Crippen molar-refractivity contribution in [3.05, 3.63) is 163 Å². The molecule has 0 atom stereocenters. The maximum atomic E-state index is 5.04. The summed E-state index contributed by atoms with van der Waals surface area (Å²) in [6.07, 6.45) is 0. The van der Waals surface area contributed by atoms with Gasteiger partial charge in [0.15, 0.2) is 17.5 Å². The molecule has 1 heterocycles. The van der Waals surface area contributed by atoms with Crippen LogP contribution in [0.25, 0.3) is 78.0 Å². The Bertz CT molecular complexity index is 2480. The minimum atomic E-state index is -0.0808.